The summed E-state index contributed by atoms with van der Waals surface area (Å²) >= 11 is 16.6. The van der Waals surface area contributed by atoms with Crippen molar-refractivity contribution in [2.75, 3.05) is 10.7 Å². The van der Waals surface area contributed by atoms with E-state index in [0.717, 1.165) is 0 Å². The Labute approximate surface area is 159 Å². The van der Waals surface area contributed by atoms with E-state index in [1.165, 1.54) is 18.2 Å². The van der Waals surface area contributed by atoms with Gasteiger partial charge in [-0.1, -0.05) is 23.2 Å². The molecule has 138 valence electrons. The summed E-state index contributed by atoms with van der Waals surface area (Å²) in [5, 5.41) is 13.2. The number of rotatable bonds is 4. The molecule has 0 aliphatic heterocycles. The fourth-order valence-electron chi connectivity index (χ4n) is 1.68. The lowest BCUT2D eigenvalue weighted by Crippen LogP contribution is -2.34. The van der Waals surface area contributed by atoms with Crippen LogP contribution in [0.3, 0.4) is 0 Å². The minimum atomic E-state index is -4.57. The highest BCUT2D eigenvalue weighted by molar-refractivity contribution is 7.80. The highest BCUT2D eigenvalue weighted by Crippen LogP contribution is 2.32. The van der Waals surface area contributed by atoms with Gasteiger partial charge in [-0.3, -0.25) is 21.0 Å². The average molecular weight is 426 g/mol. The summed E-state index contributed by atoms with van der Waals surface area (Å²) in [4.78, 5) is 13.7. The molecule has 3 N–H and O–H groups in total. The van der Waals surface area contributed by atoms with Crippen LogP contribution in [0, 0.1) is 10.1 Å². The Balaban J connectivity index is 2.04. The van der Waals surface area contributed by atoms with Crippen LogP contribution < -0.4 is 16.2 Å². The largest absolute Gasteiger partial charge is 0.417 e. The maximum atomic E-state index is 12.6. The van der Waals surface area contributed by atoms with Gasteiger partial charge in [0.25, 0.3) is 5.69 Å². The molecule has 13 heteroatoms. The third-order valence-electron chi connectivity index (χ3n) is 2.87. The van der Waals surface area contributed by atoms with Crippen molar-refractivity contribution in [1.29, 1.82) is 0 Å². The second-order valence-corrected chi connectivity index (χ2v) is 5.90. The zero-order valence-corrected chi connectivity index (χ0v) is 14.7. The van der Waals surface area contributed by atoms with Gasteiger partial charge in [0.15, 0.2) is 10.9 Å². The van der Waals surface area contributed by atoms with Crippen LogP contribution in [-0.2, 0) is 6.18 Å². The molecule has 1 heterocycles. The molecule has 0 amide bonds. The van der Waals surface area contributed by atoms with Crippen LogP contribution in [0.25, 0.3) is 0 Å². The standard InChI is InChI=1S/C13H8Cl2F3N5O2S/c14-8-2-1-7(23(24)25)4-10(8)20-12(26)22-21-11-9(15)3-6(5-19-11)13(16,17)18/h1-5H,(H,19,21)(H2,20,22,26). The molecule has 0 radical (unpaired) electrons. The van der Waals surface area contributed by atoms with Crippen LogP contribution in [0.5, 0.6) is 0 Å². The fraction of sp³-hybridized carbons (Fsp3) is 0.0769. The Kier molecular flexibility index (Phi) is 6.05. The van der Waals surface area contributed by atoms with E-state index >= 15 is 0 Å². The van der Waals surface area contributed by atoms with Gasteiger partial charge in [0.2, 0.25) is 0 Å². The van der Waals surface area contributed by atoms with Gasteiger partial charge in [-0.25, -0.2) is 4.98 Å². The van der Waals surface area contributed by atoms with E-state index in [-0.39, 0.29) is 32.4 Å². The second kappa shape index (κ2) is 7.89. The van der Waals surface area contributed by atoms with Crippen LogP contribution in [0.4, 0.5) is 30.4 Å². The summed E-state index contributed by atoms with van der Waals surface area (Å²) in [5.74, 6) is -0.103. The number of benzene rings is 1. The molecule has 0 spiro atoms. The molecule has 2 rings (SSSR count). The molecule has 0 saturated heterocycles. The van der Waals surface area contributed by atoms with Gasteiger partial charge in [-0.05, 0) is 24.4 Å². The van der Waals surface area contributed by atoms with Gasteiger partial charge in [0, 0.05) is 18.3 Å². The van der Waals surface area contributed by atoms with Gasteiger partial charge in [0.1, 0.15) is 0 Å². The number of nitro benzene ring substituents is 1. The number of anilines is 2. The lowest BCUT2D eigenvalue weighted by atomic mass is 10.3. The monoisotopic (exact) mass is 425 g/mol. The molecule has 7 nitrogen and oxygen atoms in total. The number of alkyl halides is 3. The summed E-state index contributed by atoms with van der Waals surface area (Å²) in [7, 11) is 0. The number of nitrogens with one attached hydrogen (secondary N) is 3. The number of aromatic nitrogens is 1. The van der Waals surface area contributed by atoms with Crippen molar-refractivity contribution in [1.82, 2.24) is 10.4 Å². The lowest BCUT2D eigenvalue weighted by Gasteiger charge is -2.14. The third kappa shape index (κ3) is 5.07. The van der Waals surface area contributed by atoms with Crippen molar-refractivity contribution < 1.29 is 18.1 Å². The van der Waals surface area contributed by atoms with Crippen molar-refractivity contribution in [2.24, 2.45) is 0 Å². The highest BCUT2D eigenvalue weighted by atomic mass is 35.5. The zero-order chi connectivity index (χ0) is 19.5. The molecule has 0 bridgehead atoms. The van der Waals surface area contributed by atoms with Gasteiger partial charge in [0.05, 0.1) is 26.2 Å². The molecule has 0 atom stereocenters. The number of halogens is 5. The molecular weight excluding hydrogens is 418 g/mol. The van der Waals surface area contributed by atoms with E-state index < -0.39 is 16.7 Å². The normalized spacial score (nSPS) is 11.0. The third-order valence-corrected chi connectivity index (χ3v) is 3.69. The fourth-order valence-corrected chi connectivity index (χ4v) is 2.22. The zero-order valence-electron chi connectivity index (χ0n) is 12.4. The van der Waals surface area contributed by atoms with Gasteiger partial charge in [-0.2, -0.15) is 13.2 Å². The summed E-state index contributed by atoms with van der Waals surface area (Å²) < 4.78 is 37.7. The first-order valence-corrected chi connectivity index (χ1v) is 7.74. The molecule has 26 heavy (non-hydrogen) atoms. The van der Waals surface area contributed by atoms with E-state index in [9.17, 15) is 23.3 Å². The maximum absolute atomic E-state index is 12.6. The Morgan fingerprint density at radius 1 is 1.23 bits per heavy atom. The number of thiocarbonyl (C=S) groups is 1. The Bertz CT molecular complexity index is 866. The van der Waals surface area contributed by atoms with Crippen LogP contribution in [0.1, 0.15) is 5.56 Å². The molecule has 1 aromatic heterocycles. The Morgan fingerprint density at radius 3 is 2.50 bits per heavy atom. The van der Waals surface area contributed by atoms with E-state index in [0.29, 0.717) is 12.3 Å². The number of hydrogen-bond acceptors (Lipinski definition) is 5. The van der Waals surface area contributed by atoms with E-state index in [1.807, 2.05) is 0 Å². The van der Waals surface area contributed by atoms with E-state index in [1.54, 1.807) is 0 Å². The lowest BCUT2D eigenvalue weighted by molar-refractivity contribution is -0.384. The minimum Gasteiger partial charge on any atom is -0.330 e. The smallest absolute Gasteiger partial charge is 0.330 e. The molecule has 1 aromatic carbocycles. The van der Waals surface area contributed by atoms with Crippen LogP contribution >= 0.6 is 35.4 Å². The van der Waals surface area contributed by atoms with E-state index in [2.05, 4.69) is 21.2 Å². The first-order chi connectivity index (χ1) is 12.1. The molecule has 0 fully saturated rings. The number of nitro groups is 1. The summed E-state index contributed by atoms with van der Waals surface area (Å²) in [6, 6.07) is 4.40. The molecule has 0 unspecified atom stereocenters. The van der Waals surface area contributed by atoms with Crippen LogP contribution in [0.2, 0.25) is 10.0 Å². The second-order valence-electron chi connectivity index (χ2n) is 4.68. The molecule has 0 aliphatic rings. The first-order valence-electron chi connectivity index (χ1n) is 6.57. The topological polar surface area (TPSA) is 92.1 Å². The molecule has 0 saturated carbocycles. The molecule has 2 aromatic rings. The first kappa shape index (κ1) is 19.9. The number of hydrazine groups is 1. The Hall–Kier alpha value is -2.37. The number of hydrogen-bond donors (Lipinski definition) is 3. The molecular formula is C13H8Cl2F3N5O2S. The molecule has 0 aliphatic carbocycles. The number of non-ortho nitro benzene ring substituents is 1. The van der Waals surface area contributed by atoms with Crippen molar-refractivity contribution >= 4 is 57.7 Å². The predicted molar refractivity (Wildman–Crippen MR) is 95.3 cm³/mol. The SMILES string of the molecule is O=[N+]([O-])c1ccc(Cl)c(NC(=S)NNc2ncc(C(F)(F)F)cc2Cl)c1. The minimum absolute atomic E-state index is 0.0786. The Morgan fingerprint density at radius 2 is 1.92 bits per heavy atom. The predicted octanol–water partition coefficient (Wildman–Crippen LogP) is 4.63. The average Bonchev–Trinajstić information content (AvgIpc) is 2.54. The maximum Gasteiger partial charge on any atom is 0.417 e. The van der Waals surface area contributed by atoms with E-state index in [4.69, 9.17) is 35.4 Å². The highest BCUT2D eigenvalue weighted by Gasteiger charge is 2.31. The van der Waals surface area contributed by atoms with Crippen LogP contribution in [0.15, 0.2) is 30.5 Å². The van der Waals surface area contributed by atoms with Crippen molar-refractivity contribution in [2.45, 2.75) is 6.18 Å². The summed E-state index contributed by atoms with van der Waals surface area (Å²) in [6.45, 7) is 0. The van der Waals surface area contributed by atoms with Crippen LogP contribution in [-0.4, -0.2) is 15.0 Å². The summed E-state index contributed by atoms with van der Waals surface area (Å²) in [6.07, 6.45) is -3.97. The van der Waals surface area contributed by atoms with Gasteiger partial charge in [-0.15, -0.1) is 0 Å². The van der Waals surface area contributed by atoms with Crippen molar-refractivity contribution in [3.8, 4) is 0 Å². The number of nitrogens with zero attached hydrogens (tertiary/aromatic N) is 2. The van der Waals surface area contributed by atoms with Crippen molar-refractivity contribution in [3.63, 3.8) is 0 Å². The summed E-state index contributed by atoms with van der Waals surface area (Å²) in [5.41, 5.74) is 3.81. The number of pyridine rings is 1. The quantitative estimate of drug-likeness (QED) is 0.373. The van der Waals surface area contributed by atoms with Crippen molar-refractivity contribution in [3.05, 3.63) is 56.2 Å². The van der Waals surface area contributed by atoms with Gasteiger partial charge >= 0.3 is 6.18 Å². The van der Waals surface area contributed by atoms with Gasteiger partial charge < -0.3 is 5.32 Å².